The van der Waals surface area contributed by atoms with Crippen LogP contribution in [0.25, 0.3) is 5.57 Å². The molecular formula is C18H25FN2O4. The summed E-state index contributed by atoms with van der Waals surface area (Å²) in [5, 5.41) is 18.3. The number of aliphatic hydroxyl groups excluding tert-OH is 2. The second-order valence-electron chi connectivity index (χ2n) is 7.12. The van der Waals surface area contributed by atoms with Crippen molar-refractivity contribution in [2.24, 2.45) is 0 Å². The quantitative estimate of drug-likeness (QED) is 0.867. The Bertz CT molecular complexity index is 655. The van der Waals surface area contributed by atoms with Gasteiger partial charge in [-0.3, -0.25) is 4.98 Å². The van der Waals surface area contributed by atoms with Crippen LogP contribution < -0.4 is 0 Å². The van der Waals surface area contributed by atoms with Crippen LogP contribution in [0.1, 0.15) is 38.4 Å². The van der Waals surface area contributed by atoms with Gasteiger partial charge in [0.15, 0.2) is 0 Å². The second-order valence-corrected chi connectivity index (χ2v) is 7.12. The minimum atomic E-state index is -0.927. The van der Waals surface area contributed by atoms with Crippen LogP contribution in [0.5, 0.6) is 0 Å². The summed E-state index contributed by atoms with van der Waals surface area (Å²) in [5.74, 6) is -0.473. The minimum Gasteiger partial charge on any atom is -0.444 e. The summed E-state index contributed by atoms with van der Waals surface area (Å²) in [6, 6.07) is 1.32. The van der Waals surface area contributed by atoms with Gasteiger partial charge in [-0.25, -0.2) is 9.18 Å². The molecule has 1 atom stereocenters. The first-order valence-corrected chi connectivity index (χ1v) is 8.30. The van der Waals surface area contributed by atoms with E-state index in [1.54, 1.807) is 11.0 Å². The number of amides is 1. The van der Waals surface area contributed by atoms with E-state index in [0.717, 1.165) is 5.57 Å². The van der Waals surface area contributed by atoms with Crippen LogP contribution in [0.2, 0.25) is 0 Å². The molecule has 1 aromatic heterocycles. The van der Waals surface area contributed by atoms with Crippen molar-refractivity contribution in [1.82, 2.24) is 9.88 Å². The summed E-state index contributed by atoms with van der Waals surface area (Å²) < 4.78 is 19.6. The molecule has 138 valence electrons. The van der Waals surface area contributed by atoms with E-state index >= 15 is 0 Å². The van der Waals surface area contributed by atoms with Gasteiger partial charge in [-0.2, -0.15) is 0 Å². The van der Waals surface area contributed by atoms with Crippen LogP contribution in [0.3, 0.4) is 0 Å². The van der Waals surface area contributed by atoms with Crippen molar-refractivity contribution in [1.29, 1.82) is 0 Å². The number of carbonyl (C=O) groups excluding carboxylic acids is 1. The Balaban J connectivity index is 2.05. The van der Waals surface area contributed by atoms with Gasteiger partial charge in [-0.15, -0.1) is 0 Å². The molecule has 2 heterocycles. The molecule has 7 heteroatoms. The summed E-state index contributed by atoms with van der Waals surface area (Å²) in [5.41, 5.74) is 0.969. The van der Waals surface area contributed by atoms with Gasteiger partial charge in [0.05, 0.1) is 12.7 Å². The number of nitrogens with zero attached hydrogens (tertiary/aromatic N) is 2. The lowest BCUT2D eigenvalue weighted by molar-refractivity contribution is 0.0270. The monoisotopic (exact) mass is 352 g/mol. The molecule has 1 unspecified atom stereocenters. The largest absolute Gasteiger partial charge is 0.444 e. The molecule has 0 fully saturated rings. The Morgan fingerprint density at radius 3 is 2.72 bits per heavy atom. The van der Waals surface area contributed by atoms with E-state index in [2.05, 4.69) is 4.98 Å². The molecule has 1 aliphatic heterocycles. The third-order valence-corrected chi connectivity index (χ3v) is 3.74. The summed E-state index contributed by atoms with van der Waals surface area (Å²) in [6.07, 6.45) is 2.60. The lowest BCUT2D eigenvalue weighted by Crippen LogP contribution is -2.39. The summed E-state index contributed by atoms with van der Waals surface area (Å²) >= 11 is 0. The van der Waals surface area contributed by atoms with Gasteiger partial charge < -0.3 is 19.8 Å². The number of aromatic nitrogens is 1. The molecular weight excluding hydrogens is 327 g/mol. The highest BCUT2D eigenvalue weighted by Gasteiger charge is 2.25. The predicted molar refractivity (Wildman–Crippen MR) is 91.4 cm³/mol. The van der Waals surface area contributed by atoms with Crippen molar-refractivity contribution in [3.63, 3.8) is 0 Å². The normalized spacial score (nSPS) is 16.4. The molecule has 0 saturated heterocycles. The Kier molecular flexibility index (Phi) is 6.13. The predicted octanol–water partition coefficient (Wildman–Crippen LogP) is 2.14. The topological polar surface area (TPSA) is 82.9 Å². The molecule has 2 N–H and O–H groups in total. The maximum Gasteiger partial charge on any atom is 0.410 e. The summed E-state index contributed by atoms with van der Waals surface area (Å²) in [6.45, 7) is 5.83. The van der Waals surface area contributed by atoms with E-state index < -0.39 is 17.5 Å². The van der Waals surface area contributed by atoms with Crippen LogP contribution in [0.15, 0.2) is 18.3 Å². The van der Waals surface area contributed by atoms with Crippen molar-refractivity contribution >= 4 is 11.7 Å². The first-order valence-electron chi connectivity index (χ1n) is 8.30. The third-order valence-electron chi connectivity index (χ3n) is 3.74. The fourth-order valence-electron chi connectivity index (χ4n) is 2.54. The van der Waals surface area contributed by atoms with Gasteiger partial charge in [0.25, 0.3) is 0 Å². The van der Waals surface area contributed by atoms with Gasteiger partial charge in [0.2, 0.25) is 0 Å². The number of hydrogen-bond donors (Lipinski definition) is 2. The van der Waals surface area contributed by atoms with Gasteiger partial charge in [-0.1, -0.05) is 6.08 Å². The van der Waals surface area contributed by atoms with Crippen LogP contribution >= 0.6 is 0 Å². The zero-order valence-electron chi connectivity index (χ0n) is 14.8. The molecule has 1 aromatic rings. The fourth-order valence-corrected chi connectivity index (χ4v) is 2.54. The average Bonchev–Trinajstić information content (AvgIpc) is 2.53. The highest BCUT2D eigenvalue weighted by molar-refractivity contribution is 5.72. The number of hydrogen-bond acceptors (Lipinski definition) is 5. The van der Waals surface area contributed by atoms with Crippen molar-refractivity contribution in [3.05, 3.63) is 35.4 Å². The van der Waals surface area contributed by atoms with E-state index in [1.165, 1.54) is 12.3 Å². The molecule has 25 heavy (non-hydrogen) atoms. The van der Waals surface area contributed by atoms with E-state index in [9.17, 15) is 14.3 Å². The number of carbonyl (C=O) groups is 1. The standard InChI is InChI=1S/C18H25FN2O4/c1-18(2,3)25-17(24)21-6-4-13(5-7-21)16-15(19)9-12(10-20-16)8-14(23)11-22/h4,9-10,14,22-23H,5-8,11H2,1-3H3. The Morgan fingerprint density at radius 1 is 1.48 bits per heavy atom. The van der Waals surface area contributed by atoms with Gasteiger partial charge in [0.1, 0.15) is 17.1 Å². The lowest BCUT2D eigenvalue weighted by atomic mass is 10.0. The van der Waals surface area contributed by atoms with Crippen molar-refractivity contribution in [2.45, 2.75) is 45.3 Å². The van der Waals surface area contributed by atoms with Gasteiger partial charge in [0, 0.05) is 25.7 Å². The van der Waals surface area contributed by atoms with E-state index in [4.69, 9.17) is 9.84 Å². The minimum absolute atomic E-state index is 0.145. The van der Waals surface area contributed by atoms with Crippen molar-refractivity contribution in [3.8, 4) is 0 Å². The first kappa shape index (κ1) is 19.3. The van der Waals surface area contributed by atoms with Crippen LogP contribution in [0.4, 0.5) is 9.18 Å². The molecule has 0 spiro atoms. The number of halogens is 1. The smallest absolute Gasteiger partial charge is 0.410 e. The maximum absolute atomic E-state index is 14.3. The van der Waals surface area contributed by atoms with Crippen molar-refractivity contribution in [2.75, 3.05) is 19.7 Å². The zero-order chi connectivity index (χ0) is 18.6. The average molecular weight is 352 g/mol. The van der Waals surface area contributed by atoms with E-state index in [-0.39, 0.29) is 24.8 Å². The number of ether oxygens (including phenoxy) is 1. The van der Waals surface area contributed by atoms with Crippen LogP contribution in [0, 0.1) is 5.82 Å². The zero-order valence-corrected chi connectivity index (χ0v) is 14.8. The number of rotatable bonds is 4. The van der Waals surface area contributed by atoms with E-state index in [0.29, 0.717) is 25.1 Å². The Morgan fingerprint density at radius 2 is 2.20 bits per heavy atom. The van der Waals surface area contributed by atoms with Crippen LogP contribution in [-0.2, 0) is 11.2 Å². The molecule has 0 aliphatic carbocycles. The Hall–Kier alpha value is -1.99. The highest BCUT2D eigenvalue weighted by atomic mass is 19.1. The summed E-state index contributed by atoms with van der Waals surface area (Å²) in [4.78, 5) is 17.8. The van der Waals surface area contributed by atoms with Crippen molar-refractivity contribution < 1.29 is 24.1 Å². The lowest BCUT2D eigenvalue weighted by Gasteiger charge is -2.29. The fraction of sp³-hybridized carbons (Fsp3) is 0.556. The molecule has 0 aromatic carbocycles. The van der Waals surface area contributed by atoms with Crippen LogP contribution in [-0.4, -0.2) is 57.6 Å². The third kappa shape index (κ3) is 5.51. The molecule has 2 rings (SSSR count). The molecule has 0 saturated carbocycles. The molecule has 6 nitrogen and oxygen atoms in total. The maximum atomic E-state index is 14.3. The summed E-state index contributed by atoms with van der Waals surface area (Å²) in [7, 11) is 0. The molecule has 0 bridgehead atoms. The Labute approximate surface area is 146 Å². The van der Waals surface area contributed by atoms with E-state index in [1.807, 2.05) is 20.8 Å². The first-order chi connectivity index (χ1) is 11.7. The van der Waals surface area contributed by atoms with Gasteiger partial charge in [-0.05, 0) is 44.4 Å². The highest BCUT2D eigenvalue weighted by Crippen LogP contribution is 2.24. The molecule has 1 amide bonds. The number of pyridine rings is 1. The molecule has 0 radical (unpaired) electrons. The van der Waals surface area contributed by atoms with Gasteiger partial charge >= 0.3 is 6.09 Å². The molecule has 1 aliphatic rings. The SMILES string of the molecule is CC(C)(C)OC(=O)N1CC=C(c2ncc(CC(O)CO)cc2F)CC1. The number of aliphatic hydroxyl groups is 2. The second kappa shape index (κ2) is 7.93.